The van der Waals surface area contributed by atoms with E-state index < -0.39 is 0 Å². The first kappa shape index (κ1) is 15.7. The average Bonchev–Trinajstić information content (AvgIpc) is 3.18. The lowest BCUT2D eigenvalue weighted by Crippen LogP contribution is -2.41. The number of rotatable bonds is 4. The molecule has 0 aromatic heterocycles. The van der Waals surface area contributed by atoms with Gasteiger partial charge in [-0.15, -0.1) is 0 Å². The third kappa shape index (κ3) is 2.76. The van der Waals surface area contributed by atoms with Crippen molar-refractivity contribution in [1.82, 2.24) is 4.90 Å². The Bertz CT molecular complexity index is 816. The fourth-order valence-corrected chi connectivity index (χ4v) is 3.68. The summed E-state index contributed by atoms with van der Waals surface area (Å²) in [4.78, 5) is 28.8. The van der Waals surface area contributed by atoms with Gasteiger partial charge in [-0.1, -0.05) is 30.3 Å². The van der Waals surface area contributed by atoms with Gasteiger partial charge in [-0.3, -0.25) is 14.5 Å². The summed E-state index contributed by atoms with van der Waals surface area (Å²) >= 11 is 0. The molecule has 1 atom stereocenters. The van der Waals surface area contributed by atoms with Gasteiger partial charge in [0.05, 0.1) is 20.1 Å². The van der Waals surface area contributed by atoms with Crippen molar-refractivity contribution in [3.05, 3.63) is 59.7 Å². The molecule has 2 aliphatic heterocycles. The van der Waals surface area contributed by atoms with E-state index in [9.17, 15) is 9.59 Å². The van der Waals surface area contributed by atoms with Crippen LogP contribution in [0.2, 0.25) is 0 Å². The van der Waals surface area contributed by atoms with Crippen LogP contribution in [-0.2, 0) is 22.6 Å². The molecule has 1 unspecified atom stereocenters. The minimum atomic E-state index is -0.380. The average molecular weight is 336 g/mol. The Morgan fingerprint density at radius 3 is 2.60 bits per heavy atom. The number of likely N-dealkylation sites (tertiary alicyclic amines) is 1. The smallest absolute Gasteiger partial charge is 0.252 e. The third-order valence-corrected chi connectivity index (χ3v) is 5.02. The van der Waals surface area contributed by atoms with Crippen LogP contribution >= 0.6 is 0 Å². The molecule has 1 fully saturated rings. The van der Waals surface area contributed by atoms with Gasteiger partial charge in [0.1, 0.15) is 11.8 Å². The van der Waals surface area contributed by atoms with Gasteiger partial charge in [-0.25, -0.2) is 0 Å². The van der Waals surface area contributed by atoms with Crippen LogP contribution in [0.25, 0.3) is 0 Å². The number of benzene rings is 2. The maximum atomic E-state index is 12.9. The number of carbonyl (C=O) groups excluding carboxylic acids is 2. The summed E-state index contributed by atoms with van der Waals surface area (Å²) in [6, 6.07) is 15.2. The number of amides is 2. The van der Waals surface area contributed by atoms with E-state index >= 15 is 0 Å². The van der Waals surface area contributed by atoms with Crippen molar-refractivity contribution < 1.29 is 14.3 Å². The second-order valence-corrected chi connectivity index (χ2v) is 6.46. The van der Waals surface area contributed by atoms with E-state index in [-0.39, 0.29) is 24.3 Å². The normalized spacial score (nSPS) is 19.5. The zero-order valence-corrected chi connectivity index (χ0v) is 14.1. The van der Waals surface area contributed by atoms with Gasteiger partial charge < -0.3 is 9.64 Å². The molecule has 5 heteroatoms. The van der Waals surface area contributed by atoms with Crippen LogP contribution < -0.4 is 9.64 Å². The minimum absolute atomic E-state index is 0.0995. The van der Waals surface area contributed by atoms with Crippen LogP contribution in [0.1, 0.15) is 17.5 Å². The lowest BCUT2D eigenvalue weighted by molar-refractivity contribution is -0.139. The number of fused-ring (bicyclic) bond motifs is 1. The van der Waals surface area contributed by atoms with Crippen LogP contribution in [0.5, 0.6) is 5.75 Å². The second-order valence-electron chi connectivity index (χ2n) is 6.46. The Morgan fingerprint density at radius 1 is 1.08 bits per heavy atom. The van der Waals surface area contributed by atoms with Crippen molar-refractivity contribution in [3.63, 3.8) is 0 Å². The fraction of sp³-hybridized carbons (Fsp3) is 0.300. The summed E-state index contributed by atoms with van der Waals surface area (Å²) in [5.74, 6) is 0.557. The zero-order chi connectivity index (χ0) is 17.4. The summed E-state index contributed by atoms with van der Waals surface area (Å²) in [5, 5.41) is 0. The second kappa shape index (κ2) is 6.24. The molecule has 2 aromatic carbocycles. The topological polar surface area (TPSA) is 49.9 Å². The summed E-state index contributed by atoms with van der Waals surface area (Å²) in [6.07, 6.45) is 1.18. The van der Waals surface area contributed by atoms with Crippen LogP contribution in [0.15, 0.2) is 48.5 Å². The molecular weight excluding hydrogens is 316 g/mol. The maximum absolute atomic E-state index is 12.9. The minimum Gasteiger partial charge on any atom is -0.497 e. The summed E-state index contributed by atoms with van der Waals surface area (Å²) in [7, 11) is 1.61. The number of nitrogens with zero attached hydrogens (tertiary/aromatic N) is 2. The first-order chi connectivity index (χ1) is 12.2. The Kier molecular flexibility index (Phi) is 3.92. The molecule has 128 valence electrons. The highest BCUT2D eigenvalue weighted by Crippen LogP contribution is 2.33. The standard InChI is InChI=1S/C20H20N2O3/c1-25-16-8-6-14(7-9-16)13-22-19(23)12-18(20(22)24)21-11-10-15-4-2-3-5-17(15)21/h2-9,18H,10-13H2,1H3. The fourth-order valence-electron chi connectivity index (χ4n) is 3.68. The van der Waals surface area contributed by atoms with Gasteiger partial charge >= 0.3 is 0 Å². The molecule has 0 saturated carbocycles. The predicted octanol–water partition coefficient (Wildman–Crippen LogP) is 2.39. The van der Waals surface area contributed by atoms with Crippen LogP contribution in [0.4, 0.5) is 5.69 Å². The molecule has 2 heterocycles. The molecule has 2 aromatic rings. The number of imide groups is 1. The molecule has 0 aliphatic carbocycles. The van der Waals surface area contributed by atoms with Crippen molar-refractivity contribution in [3.8, 4) is 5.75 Å². The molecule has 5 nitrogen and oxygen atoms in total. The predicted molar refractivity (Wildman–Crippen MR) is 94.4 cm³/mol. The molecule has 0 spiro atoms. The molecule has 4 rings (SSSR count). The Labute approximate surface area is 146 Å². The van der Waals surface area contributed by atoms with Crippen LogP contribution in [-0.4, -0.2) is 36.4 Å². The Morgan fingerprint density at radius 2 is 1.84 bits per heavy atom. The zero-order valence-electron chi connectivity index (χ0n) is 14.1. The molecule has 0 bridgehead atoms. The number of anilines is 1. The highest BCUT2D eigenvalue weighted by molar-refractivity contribution is 6.07. The van der Waals surface area contributed by atoms with Gasteiger partial charge in [0.25, 0.3) is 5.91 Å². The molecule has 1 saturated heterocycles. The summed E-state index contributed by atoms with van der Waals surface area (Å²) in [6.45, 7) is 1.10. The van der Waals surface area contributed by atoms with Crippen molar-refractivity contribution in [1.29, 1.82) is 0 Å². The van der Waals surface area contributed by atoms with E-state index in [0.717, 1.165) is 30.0 Å². The number of ether oxygens (including phenoxy) is 1. The number of methoxy groups -OCH3 is 1. The number of para-hydroxylation sites is 1. The lowest BCUT2D eigenvalue weighted by Gasteiger charge is -2.25. The number of carbonyl (C=O) groups is 2. The van der Waals surface area contributed by atoms with E-state index in [1.54, 1.807) is 7.11 Å². The number of hydrogen-bond acceptors (Lipinski definition) is 4. The largest absolute Gasteiger partial charge is 0.497 e. The quantitative estimate of drug-likeness (QED) is 0.805. The molecule has 2 amide bonds. The Hall–Kier alpha value is -2.82. The SMILES string of the molecule is COc1ccc(CN2C(=O)CC(N3CCc4ccccc43)C2=O)cc1. The molecule has 0 radical (unpaired) electrons. The van der Waals surface area contributed by atoms with E-state index in [4.69, 9.17) is 4.74 Å². The van der Waals surface area contributed by atoms with Crippen molar-refractivity contribution in [2.45, 2.75) is 25.4 Å². The van der Waals surface area contributed by atoms with Gasteiger partial charge in [0.15, 0.2) is 0 Å². The first-order valence-electron chi connectivity index (χ1n) is 8.49. The lowest BCUT2D eigenvalue weighted by atomic mass is 10.1. The molecule has 0 N–H and O–H groups in total. The maximum Gasteiger partial charge on any atom is 0.252 e. The van der Waals surface area contributed by atoms with E-state index in [2.05, 4.69) is 11.0 Å². The highest BCUT2D eigenvalue weighted by Gasteiger charge is 2.43. The van der Waals surface area contributed by atoms with Crippen LogP contribution in [0, 0.1) is 0 Å². The monoisotopic (exact) mass is 336 g/mol. The molecule has 2 aliphatic rings. The van der Waals surface area contributed by atoms with Crippen LogP contribution in [0.3, 0.4) is 0 Å². The Balaban J connectivity index is 1.52. The van der Waals surface area contributed by atoms with E-state index in [1.165, 1.54) is 10.5 Å². The van der Waals surface area contributed by atoms with Crippen molar-refractivity contribution >= 4 is 17.5 Å². The summed E-state index contributed by atoms with van der Waals surface area (Å²) < 4.78 is 5.15. The van der Waals surface area contributed by atoms with Gasteiger partial charge in [0.2, 0.25) is 5.91 Å². The molecular formula is C20H20N2O3. The van der Waals surface area contributed by atoms with Gasteiger partial charge in [0, 0.05) is 12.2 Å². The highest BCUT2D eigenvalue weighted by atomic mass is 16.5. The van der Waals surface area contributed by atoms with E-state index in [0.29, 0.717) is 6.54 Å². The van der Waals surface area contributed by atoms with E-state index in [1.807, 2.05) is 42.5 Å². The number of hydrogen-bond donors (Lipinski definition) is 0. The third-order valence-electron chi connectivity index (χ3n) is 5.02. The van der Waals surface area contributed by atoms with Gasteiger partial charge in [-0.05, 0) is 35.7 Å². The van der Waals surface area contributed by atoms with Crippen molar-refractivity contribution in [2.75, 3.05) is 18.6 Å². The first-order valence-corrected chi connectivity index (χ1v) is 8.49. The van der Waals surface area contributed by atoms with Gasteiger partial charge in [-0.2, -0.15) is 0 Å². The molecule has 25 heavy (non-hydrogen) atoms. The summed E-state index contributed by atoms with van der Waals surface area (Å²) in [5.41, 5.74) is 3.25. The van der Waals surface area contributed by atoms with Crippen molar-refractivity contribution in [2.24, 2.45) is 0 Å².